The quantitative estimate of drug-likeness (QED) is 0.178. The summed E-state index contributed by atoms with van der Waals surface area (Å²) in [4.78, 5) is 0. The predicted molar refractivity (Wildman–Crippen MR) is 172 cm³/mol. The first-order chi connectivity index (χ1) is 19.7. The van der Waals surface area contributed by atoms with Crippen molar-refractivity contribution in [3.8, 4) is 0 Å². The molecule has 0 amide bonds. The first kappa shape index (κ1) is 22.4. The average molecular weight is 529 g/mol. The second kappa shape index (κ2) is 8.04. The van der Waals surface area contributed by atoms with Gasteiger partial charge in [0.1, 0.15) is 0 Å². The van der Waals surface area contributed by atoms with E-state index in [2.05, 4.69) is 103 Å². The summed E-state index contributed by atoms with van der Waals surface area (Å²) in [6.45, 7) is 0. The third kappa shape index (κ3) is 2.86. The van der Waals surface area contributed by atoms with Crippen molar-refractivity contribution in [1.29, 1.82) is 0 Å². The van der Waals surface area contributed by atoms with Crippen molar-refractivity contribution < 1.29 is 4.57 Å². The summed E-state index contributed by atoms with van der Waals surface area (Å²) in [7, 11) is -3.27. The second-order valence-electron chi connectivity index (χ2n) is 11.1. The van der Waals surface area contributed by atoms with Gasteiger partial charge in [0, 0.05) is 21.8 Å². The Labute approximate surface area is 232 Å². The Bertz CT molecular complexity index is 2360. The summed E-state index contributed by atoms with van der Waals surface area (Å²) in [6.07, 6.45) is 10.1. The molecule has 40 heavy (non-hydrogen) atoms. The molecule has 0 aliphatic heterocycles. The molecule has 0 fully saturated rings. The van der Waals surface area contributed by atoms with Crippen LogP contribution in [0.25, 0.3) is 55.2 Å². The van der Waals surface area contributed by atoms with E-state index in [1.165, 1.54) is 48.3 Å². The van der Waals surface area contributed by atoms with E-state index in [9.17, 15) is 0 Å². The van der Waals surface area contributed by atoms with Crippen LogP contribution in [-0.2, 0) is 4.57 Å². The molecule has 7 aromatic rings. The van der Waals surface area contributed by atoms with Crippen LogP contribution in [0.3, 0.4) is 0 Å². The number of hydrogen-bond acceptors (Lipinski definition) is 1. The van der Waals surface area contributed by atoms with Gasteiger partial charge in [0.05, 0.1) is 0 Å². The summed E-state index contributed by atoms with van der Waals surface area (Å²) in [5, 5.41) is 14.8. The summed E-state index contributed by atoms with van der Waals surface area (Å²) in [5.74, 6) is 0.372. The Kier molecular flexibility index (Phi) is 4.50. The lowest BCUT2D eigenvalue weighted by Crippen LogP contribution is -2.30. The highest BCUT2D eigenvalue weighted by Crippen LogP contribution is 2.48. The van der Waals surface area contributed by atoms with Gasteiger partial charge < -0.3 is 4.57 Å². The van der Waals surface area contributed by atoms with Gasteiger partial charge in [-0.25, -0.2) is 0 Å². The normalized spacial score (nSPS) is 17.2. The fraction of sp³-hybridized carbons (Fsp3) is 0.0526. The molecule has 2 heteroatoms. The van der Waals surface area contributed by atoms with Crippen molar-refractivity contribution >= 4 is 78.3 Å². The molecule has 7 aromatic carbocycles. The molecule has 188 valence electrons. The first-order valence-corrected chi connectivity index (χ1v) is 15.7. The lowest BCUT2D eigenvalue weighted by atomic mass is 9.82. The Morgan fingerprint density at radius 1 is 0.575 bits per heavy atom. The lowest BCUT2D eigenvalue weighted by molar-refractivity contribution is 0.593. The second-order valence-corrected chi connectivity index (χ2v) is 13.8. The van der Waals surface area contributed by atoms with Crippen molar-refractivity contribution in [2.75, 3.05) is 0 Å². The van der Waals surface area contributed by atoms with E-state index in [4.69, 9.17) is 0 Å². The highest BCUT2D eigenvalue weighted by molar-refractivity contribution is 7.86. The molecule has 0 aromatic heterocycles. The van der Waals surface area contributed by atoms with Gasteiger partial charge in [-0.1, -0.05) is 121 Å². The van der Waals surface area contributed by atoms with Crippen LogP contribution in [0.2, 0.25) is 0 Å². The summed E-state index contributed by atoms with van der Waals surface area (Å²) >= 11 is 0. The van der Waals surface area contributed by atoms with Crippen LogP contribution >= 0.6 is 7.14 Å². The largest absolute Gasteiger partial charge is 0.309 e. The Morgan fingerprint density at radius 3 is 2.05 bits per heavy atom. The fourth-order valence-corrected chi connectivity index (χ4v) is 10.4. The van der Waals surface area contributed by atoms with Gasteiger partial charge >= 0.3 is 0 Å². The monoisotopic (exact) mass is 528 g/mol. The van der Waals surface area contributed by atoms with E-state index in [0.29, 0.717) is 5.92 Å². The minimum atomic E-state index is -3.27. The zero-order valence-corrected chi connectivity index (χ0v) is 22.7. The third-order valence-corrected chi connectivity index (χ3v) is 12.3. The number of allylic oxidation sites excluding steroid dienone is 2. The molecule has 0 spiro atoms. The molecule has 9 rings (SSSR count). The minimum Gasteiger partial charge on any atom is -0.309 e. The molecule has 0 saturated carbocycles. The summed E-state index contributed by atoms with van der Waals surface area (Å²) in [5.41, 5.74) is 1.38. The van der Waals surface area contributed by atoms with Crippen molar-refractivity contribution in [3.63, 3.8) is 0 Å². The van der Waals surface area contributed by atoms with Crippen LogP contribution in [-0.4, -0.2) is 0 Å². The zero-order chi connectivity index (χ0) is 26.4. The van der Waals surface area contributed by atoms with Crippen molar-refractivity contribution in [2.45, 2.75) is 12.3 Å². The molecule has 2 atom stereocenters. The van der Waals surface area contributed by atoms with Gasteiger partial charge in [-0.3, -0.25) is 0 Å². The maximum atomic E-state index is 16.1. The predicted octanol–water partition coefficient (Wildman–Crippen LogP) is 6.99. The third-order valence-electron chi connectivity index (χ3n) is 9.15. The van der Waals surface area contributed by atoms with Gasteiger partial charge in [0.15, 0.2) is 7.14 Å². The Hall–Kier alpha value is -4.45. The van der Waals surface area contributed by atoms with Crippen molar-refractivity contribution in [1.82, 2.24) is 0 Å². The van der Waals surface area contributed by atoms with Crippen LogP contribution in [0.4, 0.5) is 0 Å². The maximum Gasteiger partial charge on any atom is 0.172 e. The highest BCUT2D eigenvalue weighted by atomic mass is 31.2. The van der Waals surface area contributed by atoms with Crippen LogP contribution in [0.1, 0.15) is 17.9 Å². The first-order valence-electron chi connectivity index (χ1n) is 14.0. The molecule has 0 saturated heterocycles. The molecule has 0 radical (unpaired) electrons. The standard InChI is InChI=1S/C38H25OP/c39-40(30-10-2-1-3-11-30,33-22-18-28-14-12-24-6-4-8-26-16-20-31(33)37(28)35(24)26)34-23-19-29-15-13-25-7-5-9-27-17-21-32(34)38(29)36(25)27/h1-12,14-23,25H,13H2. The van der Waals surface area contributed by atoms with E-state index >= 15 is 4.57 Å². The van der Waals surface area contributed by atoms with Gasteiger partial charge in [0.2, 0.25) is 0 Å². The molecule has 2 aliphatic carbocycles. The summed E-state index contributed by atoms with van der Waals surface area (Å²) < 4.78 is 16.1. The van der Waals surface area contributed by atoms with E-state index in [-0.39, 0.29) is 0 Å². The number of hydrogen-bond donors (Lipinski definition) is 0. The van der Waals surface area contributed by atoms with Crippen molar-refractivity contribution in [2.24, 2.45) is 0 Å². The van der Waals surface area contributed by atoms with E-state index in [0.717, 1.165) is 33.1 Å². The maximum absolute atomic E-state index is 16.1. The minimum absolute atomic E-state index is 0.372. The fourth-order valence-electron chi connectivity index (χ4n) is 7.37. The molecule has 0 N–H and O–H groups in total. The van der Waals surface area contributed by atoms with Crippen LogP contribution in [0.15, 0.2) is 121 Å². The van der Waals surface area contributed by atoms with E-state index < -0.39 is 7.14 Å². The number of rotatable bonds is 3. The van der Waals surface area contributed by atoms with Crippen LogP contribution in [0.5, 0.6) is 0 Å². The van der Waals surface area contributed by atoms with Gasteiger partial charge in [-0.15, -0.1) is 0 Å². The van der Waals surface area contributed by atoms with Gasteiger partial charge in [0.25, 0.3) is 0 Å². The zero-order valence-electron chi connectivity index (χ0n) is 21.8. The Morgan fingerprint density at radius 2 is 1.23 bits per heavy atom. The van der Waals surface area contributed by atoms with Crippen molar-refractivity contribution in [3.05, 3.63) is 137 Å². The molecular formula is C38H25OP. The molecular weight excluding hydrogens is 503 g/mol. The molecule has 0 heterocycles. The molecule has 2 aliphatic rings. The smallest absolute Gasteiger partial charge is 0.172 e. The summed E-state index contributed by atoms with van der Waals surface area (Å²) in [6, 6.07) is 38.5. The highest BCUT2D eigenvalue weighted by Gasteiger charge is 2.34. The van der Waals surface area contributed by atoms with Crippen LogP contribution in [0, 0.1) is 0 Å². The molecule has 2 unspecified atom stereocenters. The van der Waals surface area contributed by atoms with E-state index in [1.54, 1.807) is 0 Å². The topological polar surface area (TPSA) is 17.1 Å². The number of benzene rings is 7. The van der Waals surface area contributed by atoms with Gasteiger partial charge in [-0.05, 0) is 77.6 Å². The SMILES string of the molecule is O=P(c1ccccc1)(c1ccc2c3c4c(ccc13)=CC=CC4CC=2)c1ccc2ccc3cccc4ccc1c2c34. The Balaban J connectivity index is 1.45. The molecule has 1 nitrogen and oxygen atoms in total. The van der Waals surface area contributed by atoms with Gasteiger partial charge in [-0.2, -0.15) is 0 Å². The average Bonchev–Trinajstić information content (AvgIpc) is 3.02. The lowest BCUT2D eigenvalue weighted by Gasteiger charge is -2.27. The van der Waals surface area contributed by atoms with E-state index in [1.807, 2.05) is 30.3 Å². The molecule has 0 bridgehead atoms. The van der Waals surface area contributed by atoms with Crippen LogP contribution < -0.4 is 26.4 Å².